The molecule has 1 N–H and O–H groups in total. The minimum Gasteiger partial charge on any atom is -0.487 e. The van der Waals surface area contributed by atoms with Gasteiger partial charge >= 0.3 is 0 Å². The van der Waals surface area contributed by atoms with Crippen LogP contribution in [0.25, 0.3) is 5.57 Å². The van der Waals surface area contributed by atoms with Gasteiger partial charge in [-0.2, -0.15) is 0 Å². The number of hydrogen-bond acceptors (Lipinski definition) is 4. The first kappa shape index (κ1) is 29.8. The fourth-order valence-corrected chi connectivity index (χ4v) is 5.89. The largest absolute Gasteiger partial charge is 0.487 e. The Morgan fingerprint density at radius 3 is 2.70 bits per heavy atom. The minimum atomic E-state index is -0.0630. The molecule has 1 amide bonds. The number of carbonyl (C=O) groups is 2. The van der Waals surface area contributed by atoms with E-state index in [9.17, 15) is 9.59 Å². The maximum atomic E-state index is 11.3. The molecule has 5 nitrogen and oxygen atoms in total. The molecule has 1 atom stereocenters. The molecule has 1 fully saturated rings. The number of aldehydes is 1. The molecule has 1 heterocycles. The van der Waals surface area contributed by atoms with Crippen LogP contribution in [0.3, 0.4) is 0 Å². The Labute approximate surface area is 243 Å². The molecule has 6 heteroatoms. The van der Waals surface area contributed by atoms with Crippen LogP contribution in [-0.4, -0.2) is 42.8 Å². The summed E-state index contributed by atoms with van der Waals surface area (Å²) in [5.41, 5.74) is 4.91. The van der Waals surface area contributed by atoms with Gasteiger partial charge in [-0.3, -0.25) is 9.59 Å². The standard InChI is InChI=1S/C34H41ClN2O3/c1-24-19-33(32(35)21-28(24)22-38)40-23-26-9-7-10-27(20-26)31-13-8-12-29(34(31,3)4)11-5-6-16-37-17-14-30(15-18-37)36-25(2)39/h5,7-13,19-22,29-30H,6,14-18,23H2,1-4H3,(H,36,39)/b11-5+. The van der Waals surface area contributed by atoms with Crippen molar-refractivity contribution in [2.45, 2.75) is 59.6 Å². The number of carbonyl (C=O) groups excluding carboxylic acids is 2. The van der Waals surface area contributed by atoms with E-state index in [-0.39, 0.29) is 11.3 Å². The summed E-state index contributed by atoms with van der Waals surface area (Å²) in [4.78, 5) is 25.0. The number of allylic oxidation sites excluding steroid dienone is 5. The second-order valence-corrected chi connectivity index (χ2v) is 11.9. The van der Waals surface area contributed by atoms with E-state index < -0.39 is 0 Å². The lowest BCUT2D eigenvalue weighted by molar-refractivity contribution is -0.119. The van der Waals surface area contributed by atoms with Gasteiger partial charge in [0, 0.05) is 44.1 Å². The molecule has 2 aliphatic rings. The number of piperidine rings is 1. The van der Waals surface area contributed by atoms with E-state index in [1.54, 1.807) is 13.0 Å². The average Bonchev–Trinajstić information content (AvgIpc) is 2.92. The highest BCUT2D eigenvalue weighted by Gasteiger charge is 2.32. The Hall–Kier alpha value is -3.15. The monoisotopic (exact) mass is 560 g/mol. The van der Waals surface area contributed by atoms with E-state index in [4.69, 9.17) is 16.3 Å². The Bertz CT molecular complexity index is 1300. The van der Waals surface area contributed by atoms with E-state index in [1.165, 1.54) is 11.1 Å². The predicted molar refractivity (Wildman–Crippen MR) is 164 cm³/mol. The van der Waals surface area contributed by atoms with E-state index in [2.05, 4.69) is 78.7 Å². The molecule has 0 spiro atoms. The average molecular weight is 561 g/mol. The first-order valence-corrected chi connectivity index (χ1v) is 14.6. The van der Waals surface area contributed by atoms with E-state index in [0.717, 1.165) is 56.3 Å². The van der Waals surface area contributed by atoms with Crippen molar-refractivity contribution in [3.05, 3.63) is 94.1 Å². The van der Waals surface area contributed by atoms with Gasteiger partial charge in [0.2, 0.25) is 5.91 Å². The number of likely N-dealkylation sites (tertiary alicyclic amines) is 1. The van der Waals surface area contributed by atoms with Gasteiger partial charge in [-0.25, -0.2) is 0 Å². The summed E-state index contributed by atoms with van der Waals surface area (Å²) in [6, 6.07) is 12.3. The van der Waals surface area contributed by atoms with Crippen LogP contribution in [0.15, 0.2) is 66.8 Å². The third-order valence-electron chi connectivity index (χ3n) is 8.14. The van der Waals surface area contributed by atoms with Gasteiger partial charge in [0.1, 0.15) is 18.6 Å². The van der Waals surface area contributed by atoms with Gasteiger partial charge in [0.25, 0.3) is 0 Å². The number of nitrogens with one attached hydrogen (secondary N) is 1. The molecule has 40 heavy (non-hydrogen) atoms. The number of nitrogens with zero attached hydrogens (tertiary/aromatic N) is 1. The Morgan fingerprint density at radius 1 is 1.20 bits per heavy atom. The Balaban J connectivity index is 1.34. The maximum absolute atomic E-state index is 11.3. The molecule has 1 unspecified atom stereocenters. The predicted octanol–water partition coefficient (Wildman–Crippen LogP) is 7.18. The van der Waals surface area contributed by atoms with Crippen molar-refractivity contribution in [3.63, 3.8) is 0 Å². The molecule has 1 aliphatic carbocycles. The lowest BCUT2D eigenvalue weighted by Gasteiger charge is -2.36. The number of amides is 1. The molecule has 1 aliphatic heterocycles. The van der Waals surface area contributed by atoms with Crippen LogP contribution < -0.4 is 10.1 Å². The second kappa shape index (κ2) is 13.5. The van der Waals surface area contributed by atoms with Crippen LogP contribution in [0.1, 0.15) is 67.1 Å². The van der Waals surface area contributed by atoms with Gasteiger partial charge in [0.15, 0.2) is 0 Å². The Kier molecular flexibility index (Phi) is 10.0. The van der Waals surface area contributed by atoms with E-state index >= 15 is 0 Å². The Morgan fingerprint density at radius 2 is 1.98 bits per heavy atom. The van der Waals surface area contributed by atoms with Crippen LogP contribution in [-0.2, 0) is 11.4 Å². The van der Waals surface area contributed by atoms with Crippen molar-refractivity contribution in [1.29, 1.82) is 0 Å². The third kappa shape index (κ3) is 7.52. The quantitative estimate of drug-likeness (QED) is 0.247. The fourth-order valence-electron chi connectivity index (χ4n) is 5.67. The molecule has 2 aromatic carbocycles. The summed E-state index contributed by atoms with van der Waals surface area (Å²) >= 11 is 6.35. The molecule has 2 aromatic rings. The first-order chi connectivity index (χ1) is 19.2. The molecule has 4 rings (SSSR count). The van der Waals surface area contributed by atoms with Crippen LogP contribution in [0, 0.1) is 18.3 Å². The van der Waals surface area contributed by atoms with Crippen LogP contribution in [0.2, 0.25) is 5.02 Å². The van der Waals surface area contributed by atoms with Crippen molar-refractivity contribution >= 4 is 29.4 Å². The second-order valence-electron chi connectivity index (χ2n) is 11.5. The number of ether oxygens (including phenoxy) is 1. The third-order valence-corrected chi connectivity index (χ3v) is 8.43. The number of aryl methyl sites for hydroxylation is 1. The minimum absolute atomic E-state index is 0.0630. The summed E-state index contributed by atoms with van der Waals surface area (Å²) in [6.07, 6.45) is 15.2. The lowest BCUT2D eigenvalue weighted by Crippen LogP contribution is -2.44. The zero-order valence-electron chi connectivity index (χ0n) is 24.1. The zero-order valence-corrected chi connectivity index (χ0v) is 24.8. The van der Waals surface area contributed by atoms with Crippen LogP contribution in [0.5, 0.6) is 5.75 Å². The number of rotatable bonds is 10. The molecular weight excluding hydrogens is 520 g/mol. The fraction of sp³-hybridized carbons (Fsp3) is 0.412. The highest BCUT2D eigenvalue weighted by atomic mass is 35.5. The van der Waals surface area contributed by atoms with Crippen molar-refractivity contribution in [2.24, 2.45) is 11.3 Å². The number of benzene rings is 2. The van der Waals surface area contributed by atoms with Crippen molar-refractivity contribution in [1.82, 2.24) is 10.2 Å². The first-order valence-electron chi connectivity index (χ1n) is 14.2. The van der Waals surface area contributed by atoms with Crippen molar-refractivity contribution < 1.29 is 14.3 Å². The van der Waals surface area contributed by atoms with Gasteiger partial charge in [-0.15, -0.1) is 0 Å². The summed E-state index contributed by atoms with van der Waals surface area (Å²) in [7, 11) is 0. The highest BCUT2D eigenvalue weighted by Crippen LogP contribution is 2.45. The lowest BCUT2D eigenvalue weighted by atomic mass is 9.68. The zero-order chi connectivity index (χ0) is 28.7. The number of halogens is 1. The molecule has 0 bridgehead atoms. The highest BCUT2D eigenvalue weighted by molar-refractivity contribution is 6.32. The van der Waals surface area contributed by atoms with Crippen molar-refractivity contribution in [3.8, 4) is 5.75 Å². The molecule has 0 saturated carbocycles. The molecular formula is C34H41ClN2O3. The van der Waals surface area contributed by atoms with Crippen LogP contribution in [0.4, 0.5) is 0 Å². The smallest absolute Gasteiger partial charge is 0.217 e. The van der Waals surface area contributed by atoms with E-state index in [1.807, 2.05) is 13.0 Å². The number of hydrogen-bond donors (Lipinski definition) is 1. The maximum Gasteiger partial charge on any atom is 0.217 e. The molecule has 0 aromatic heterocycles. The van der Waals surface area contributed by atoms with Crippen molar-refractivity contribution in [2.75, 3.05) is 19.6 Å². The summed E-state index contributed by atoms with van der Waals surface area (Å²) in [5.74, 6) is 0.953. The normalized spacial score (nSPS) is 19.4. The molecule has 1 saturated heterocycles. The summed E-state index contributed by atoms with van der Waals surface area (Å²) in [5, 5.41) is 3.49. The van der Waals surface area contributed by atoms with Gasteiger partial charge in [-0.05, 0) is 72.1 Å². The van der Waals surface area contributed by atoms with Gasteiger partial charge in [0.05, 0.1) is 5.02 Å². The molecule has 0 radical (unpaired) electrons. The summed E-state index contributed by atoms with van der Waals surface area (Å²) in [6.45, 7) is 11.6. The van der Waals surface area contributed by atoms with Crippen LogP contribution >= 0.6 is 11.6 Å². The van der Waals surface area contributed by atoms with Gasteiger partial charge in [-0.1, -0.05) is 74.0 Å². The van der Waals surface area contributed by atoms with Gasteiger partial charge < -0.3 is 15.0 Å². The topological polar surface area (TPSA) is 58.6 Å². The SMILES string of the molecule is CC(=O)NC1CCN(CC/C=C/C2C=CC=C(c3cccc(COc4cc(C)c(C=O)cc4Cl)c3)C2(C)C)CC1. The summed E-state index contributed by atoms with van der Waals surface area (Å²) < 4.78 is 6.04. The molecule has 212 valence electrons. The van der Waals surface area contributed by atoms with E-state index in [0.29, 0.717) is 34.9 Å².